The molecular formula is C12H15N3O4S. The number of carboxylic acids is 1. The SMILES string of the molecule is C=CCOC(=O)N1CCN(c2ncc(C(=O)O)s2)CC1. The van der Waals surface area contributed by atoms with Crippen LogP contribution in [0.5, 0.6) is 0 Å². The van der Waals surface area contributed by atoms with Gasteiger partial charge in [-0.25, -0.2) is 14.6 Å². The van der Waals surface area contributed by atoms with Gasteiger partial charge in [0.25, 0.3) is 0 Å². The zero-order chi connectivity index (χ0) is 14.5. The first-order chi connectivity index (χ1) is 9.61. The second-order valence-corrected chi connectivity index (χ2v) is 5.16. The van der Waals surface area contributed by atoms with Crippen molar-refractivity contribution in [3.05, 3.63) is 23.7 Å². The number of thiazole rings is 1. The quantitative estimate of drug-likeness (QED) is 0.843. The number of carbonyl (C=O) groups excluding carboxylic acids is 1. The predicted molar refractivity (Wildman–Crippen MR) is 74.4 cm³/mol. The summed E-state index contributed by atoms with van der Waals surface area (Å²) >= 11 is 1.14. The Bertz CT molecular complexity index is 509. The molecule has 1 amide bonds. The molecule has 0 aromatic carbocycles. The molecule has 1 aliphatic heterocycles. The fraction of sp³-hybridized carbons (Fsp3) is 0.417. The fourth-order valence-electron chi connectivity index (χ4n) is 1.81. The summed E-state index contributed by atoms with van der Waals surface area (Å²) in [5.41, 5.74) is 0. The van der Waals surface area contributed by atoms with Crippen LogP contribution in [0, 0.1) is 0 Å². The molecule has 1 saturated heterocycles. The molecular weight excluding hydrogens is 282 g/mol. The molecule has 0 saturated carbocycles. The van der Waals surface area contributed by atoms with Gasteiger partial charge in [0.1, 0.15) is 11.5 Å². The lowest BCUT2D eigenvalue weighted by molar-refractivity contribution is 0.0701. The zero-order valence-corrected chi connectivity index (χ0v) is 11.6. The number of rotatable bonds is 4. The van der Waals surface area contributed by atoms with Gasteiger partial charge in [0, 0.05) is 26.2 Å². The molecule has 2 rings (SSSR count). The number of carbonyl (C=O) groups is 2. The van der Waals surface area contributed by atoms with Gasteiger partial charge >= 0.3 is 12.1 Å². The van der Waals surface area contributed by atoms with E-state index in [1.165, 1.54) is 12.3 Å². The molecule has 1 aliphatic rings. The van der Waals surface area contributed by atoms with Crippen molar-refractivity contribution in [1.82, 2.24) is 9.88 Å². The average Bonchev–Trinajstić information content (AvgIpc) is 2.95. The number of amides is 1. The second-order valence-electron chi connectivity index (χ2n) is 4.15. The Hall–Kier alpha value is -2.09. The van der Waals surface area contributed by atoms with Crippen molar-refractivity contribution in [2.75, 3.05) is 37.7 Å². The highest BCUT2D eigenvalue weighted by atomic mass is 32.1. The number of carboxylic acid groups (broad SMARTS) is 1. The van der Waals surface area contributed by atoms with Crippen LogP contribution >= 0.6 is 11.3 Å². The van der Waals surface area contributed by atoms with Gasteiger partial charge < -0.3 is 19.6 Å². The summed E-state index contributed by atoms with van der Waals surface area (Å²) in [6, 6.07) is 0. The number of nitrogens with zero attached hydrogens (tertiary/aromatic N) is 3. The molecule has 0 radical (unpaired) electrons. The highest BCUT2D eigenvalue weighted by molar-refractivity contribution is 7.17. The molecule has 0 bridgehead atoms. The normalized spacial score (nSPS) is 15.0. The van der Waals surface area contributed by atoms with Crippen molar-refractivity contribution in [3.8, 4) is 0 Å². The van der Waals surface area contributed by atoms with Gasteiger partial charge in [-0.2, -0.15) is 0 Å². The van der Waals surface area contributed by atoms with Crippen LogP contribution in [0.25, 0.3) is 0 Å². The van der Waals surface area contributed by atoms with E-state index in [0.717, 1.165) is 11.3 Å². The number of ether oxygens (including phenoxy) is 1. The number of anilines is 1. The molecule has 0 atom stereocenters. The van der Waals surface area contributed by atoms with Crippen molar-refractivity contribution in [3.63, 3.8) is 0 Å². The minimum absolute atomic E-state index is 0.202. The molecule has 0 spiro atoms. The molecule has 8 heteroatoms. The highest BCUT2D eigenvalue weighted by Crippen LogP contribution is 2.23. The molecule has 1 aromatic heterocycles. The van der Waals surface area contributed by atoms with Gasteiger partial charge in [0.05, 0.1) is 6.20 Å². The van der Waals surface area contributed by atoms with E-state index < -0.39 is 5.97 Å². The largest absolute Gasteiger partial charge is 0.477 e. The predicted octanol–water partition coefficient (Wildman–Crippen LogP) is 1.29. The van der Waals surface area contributed by atoms with E-state index in [4.69, 9.17) is 9.84 Å². The van der Waals surface area contributed by atoms with Gasteiger partial charge in [-0.05, 0) is 0 Å². The maximum atomic E-state index is 11.6. The maximum Gasteiger partial charge on any atom is 0.410 e. The summed E-state index contributed by atoms with van der Waals surface area (Å²) in [6.45, 7) is 5.95. The van der Waals surface area contributed by atoms with Crippen LogP contribution in [0.1, 0.15) is 9.67 Å². The number of hydrogen-bond acceptors (Lipinski definition) is 6. The standard InChI is InChI=1S/C12H15N3O4S/c1-2-7-19-12(18)15-5-3-14(4-6-15)11-13-8-9(20-11)10(16)17/h2,8H,1,3-7H2,(H,16,17). The molecule has 2 heterocycles. The Morgan fingerprint density at radius 2 is 2.15 bits per heavy atom. The van der Waals surface area contributed by atoms with Gasteiger partial charge in [-0.3, -0.25) is 0 Å². The van der Waals surface area contributed by atoms with E-state index in [-0.39, 0.29) is 17.6 Å². The lowest BCUT2D eigenvalue weighted by atomic mass is 10.3. The summed E-state index contributed by atoms with van der Waals surface area (Å²) < 4.78 is 4.97. The monoisotopic (exact) mass is 297 g/mol. The number of hydrogen-bond donors (Lipinski definition) is 1. The molecule has 0 aliphatic carbocycles. The average molecular weight is 297 g/mol. The van der Waals surface area contributed by atoms with E-state index in [1.54, 1.807) is 4.90 Å². The third kappa shape index (κ3) is 3.27. The van der Waals surface area contributed by atoms with Crippen LogP contribution < -0.4 is 4.90 Å². The number of piperazine rings is 1. The molecule has 20 heavy (non-hydrogen) atoms. The Kier molecular flexibility index (Phi) is 4.57. The van der Waals surface area contributed by atoms with Gasteiger partial charge in [-0.15, -0.1) is 0 Å². The van der Waals surface area contributed by atoms with Crippen molar-refractivity contribution in [1.29, 1.82) is 0 Å². The minimum atomic E-state index is -0.972. The van der Waals surface area contributed by atoms with Crippen molar-refractivity contribution in [2.45, 2.75) is 0 Å². The zero-order valence-electron chi connectivity index (χ0n) is 10.8. The van der Waals surface area contributed by atoms with E-state index in [1.807, 2.05) is 4.90 Å². The molecule has 1 fully saturated rings. The Labute approximate surface area is 120 Å². The minimum Gasteiger partial charge on any atom is -0.477 e. The summed E-state index contributed by atoms with van der Waals surface area (Å²) in [6.07, 6.45) is 2.53. The maximum absolute atomic E-state index is 11.6. The van der Waals surface area contributed by atoms with Crippen LogP contribution in [0.4, 0.5) is 9.93 Å². The Morgan fingerprint density at radius 3 is 2.70 bits per heavy atom. The molecule has 1 aromatic rings. The second kappa shape index (κ2) is 6.38. The lowest BCUT2D eigenvalue weighted by Gasteiger charge is -2.33. The van der Waals surface area contributed by atoms with E-state index in [0.29, 0.717) is 31.3 Å². The number of aromatic carboxylic acids is 1. The first-order valence-corrected chi connectivity index (χ1v) is 6.90. The van der Waals surface area contributed by atoms with Gasteiger partial charge in [0.15, 0.2) is 5.13 Å². The first-order valence-electron chi connectivity index (χ1n) is 6.08. The van der Waals surface area contributed by atoms with Gasteiger partial charge in [0.2, 0.25) is 0 Å². The highest BCUT2D eigenvalue weighted by Gasteiger charge is 2.24. The van der Waals surface area contributed by atoms with Gasteiger partial charge in [-0.1, -0.05) is 24.0 Å². The topological polar surface area (TPSA) is 83.0 Å². The summed E-state index contributed by atoms with van der Waals surface area (Å²) in [5.74, 6) is -0.972. The summed E-state index contributed by atoms with van der Waals surface area (Å²) in [4.78, 5) is 30.3. The molecule has 1 N–H and O–H groups in total. The van der Waals surface area contributed by atoms with Crippen molar-refractivity contribution >= 4 is 28.5 Å². The van der Waals surface area contributed by atoms with Crippen LogP contribution in [-0.2, 0) is 4.74 Å². The first kappa shape index (κ1) is 14.3. The smallest absolute Gasteiger partial charge is 0.410 e. The van der Waals surface area contributed by atoms with E-state index in [2.05, 4.69) is 11.6 Å². The number of aromatic nitrogens is 1. The summed E-state index contributed by atoms with van der Waals surface area (Å²) in [7, 11) is 0. The third-order valence-corrected chi connectivity index (χ3v) is 3.88. The van der Waals surface area contributed by atoms with Crippen LogP contribution in [0.3, 0.4) is 0 Å². The van der Waals surface area contributed by atoms with Crippen LogP contribution in [-0.4, -0.2) is 59.8 Å². The van der Waals surface area contributed by atoms with E-state index >= 15 is 0 Å². The van der Waals surface area contributed by atoms with Crippen molar-refractivity contribution < 1.29 is 19.4 Å². The van der Waals surface area contributed by atoms with Crippen molar-refractivity contribution in [2.24, 2.45) is 0 Å². The summed E-state index contributed by atoms with van der Waals surface area (Å²) in [5, 5.41) is 9.54. The Morgan fingerprint density at radius 1 is 1.45 bits per heavy atom. The molecule has 7 nitrogen and oxygen atoms in total. The lowest BCUT2D eigenvalue weighted by Crippen LogP contribution is -2.49. The fourth-order valence-corrected chi connectivity index (χ4v) is 2.62. The third-order valence-electron chi connectivity index (χ3n) is 2.84. The molecule has 108 valence electrons. The molecule has 0 unspecified atom stereocenters. The van der Waals surface area contributed by atoms with Crippen LogP contribution in [0.2, 0.25) is 0 Å². The Balaban J connectivity index is 1.88. The van der Waals surface area contributed by atoms with E-state index in [9.17, 15) is 9.59 Å². The van der Waals surface area contributed by atoms with Crippen LogP contribution in [0.15, 0.2) is 18.9 Å².